The van der Waals surface area contributed by atoms with Crippen LogP contribution in [0.15, 0.2) is 48.8 Å². The molecule has 146 valence electrons. The summed E-state index contributed by atoms with van der Waals surface area (Å²) >= 11 is 0. The lowest BCUT2D eigenvalue weighted by atomic mass is 10.1. The first kappa shape index (κ1) is 21.0. The average Bonchev–Trinajstić information content (AvgIpc) is 2.64. The minimum absolute atomic E-state index is 0.161. The SMILES string of the molecule is CN(CCc1ccncc1)C(=O)CN(CCc1ccc(F)cc1)S(C)(=O)=O. The van der Waals surface area contributed by atoms with Crippen molar-refractivity contribution in [2.75, 3.05) is 32.9 Å². The number of likely N-dealkylation sites (N-methyl/N-ethyl adjacent to an activating group) is 1. The fourth-order valence-corrected chi connectivity index (χ4v) is 3.28. The number of rotatable bonds is 9. The second kappa shape index (κ2) is 9.57. The number of pyridine rings is 1. The van der Waals surface area contributed by atoms with Gasteiger partial charge in [-0.05, 0) is 48.2 Å². The Hall–Kier alpha value is -2.32. The number of nitrogens with zero attached hydrogens (tertiary/aromatic N) is 3. The van der Waals surface area contributed by atoms with Crippen LogP contribution in [0.1, 0.15) is 11.1 Å². The highest BCUT2D eigenvalue weighted by Gasteiger charge is 2.22. The molecular weight excluding hydrogens is 369 g/mol. The molecule has 0 fully saturated rings. The molecule has 8 heteroatoms. The number of carbonyl (C=O) groups is 1. The van der Waals surface area contributed by atoms with E-state index in [2.05, 4.69) is 4.98 Å². The van der Waals surface area contributed by atoms with Gasteiger partial charge in [0.2, 0.25) is 15.9 Å². The predicted octanol–water partition coefficient (Wildman–Crippen LogP) is 1.73. The number of benzene rings is 1. The summed E-state index contributed by atoms with van der Waals surface area (Å²) in [5, 5.41) is 0. The second-order valence-electron chi connectivity index (χ2n) is 6.39. The Morgan fingerprint density at radius 3 is 2.15 bits per heavy atom. The van der Waals surface area contributed by atoms with E-state index >= 15 is 0 Å². The molecule has 0 aliphatic rings. The average molecular weight is 393 g/mol. The van der Waals surface area contributed by atoms with Crippen LogP contribution in [0.5, 0.6) is 0 Å². The molecule has 6 nitrogen and oxygen atoms in total. The van der Waals surface area contributed by atoms with Crippen molar-refractivity contribution in [2.45, 2.75) is 12.8 Å². The molecule has 0 atom stereocenters. The van der Waals surface area contributed by atoms with Gasteiger partial charge in [-0.1, -0.05) is 12.1 Å². The van der Waals surface area contributed by atoms with E-state index in [1.165, 1.54) is 17.0 Å². The lowest BCUT2D eigenvalue weighted by Gasteiger charge is -2.23. The van der Waals surface area contributed by atoms with Gasteiger partial charge in [0.05, 0.1) is 12.8 Å². The molecule has 0 saturated carbocycles. The smallest absolute Gasteiger partial charge is 0.237 e. The second-order valence-corrected chi connectivity index (χ2v) is 8.38. The van der Waals surface area contributed by atoms with Gasteiger partial charge in [0, 0.05) is 32.5 Å². The van der Waals surface area contributed by atoms with Crippen LogP contribution in [-0.4, -0.2) is 61.5 Å². The Balaban J connectivity index is 1.91. The third kappa shape index (κ3) is 7.07. The van der Waals surface area contributed by atoms with Crippen LogP contribution in [0.4, 0.5) is 4.39 Å². The van der Waals surface area contributed by atoms with Crippen molar-refractivity contribution in [2.24, 2.45) is 0 Å². The molecule has 1 heterocycles. The Kier molecular flexibility index (Phi) is 7.44. The molecule has 2 rings (SSSR count). The predicted molar refractivity (Wildman–Crippen MR) is 102 cm³/mol. The summed E-state index contributed by atoms with van der Waals surface area (Å²) in [5.41, 5.74) is 1.87. The van der Waals surface area contributed by atoms with Gasteiger partial charge in [-0.2, -0.15) is 4.31 Å². The fraction of sp³-hybridized carbons (Fsp3) is 0.368. The molecule has 0 N–H and O–H groups in total. The molecule has 2 aromatic rings. The van der Waals surface area contributed by atoms with E-state index in [-0.39, 0.29) is 24.8 Å². The van der Waals surface area contributed by atoms with Gasteiger partial charge < -0.3 is 4.90 Å². The molecule has 0 saturated heterocycles. The lowest BCUT2D eigenvalue weighted by Crippen LogP contribution is -2.42. The third-order valence-corrected chi connectivity index (χ3v) is 5.50. The van der Waals surface area contributed by atoms with Gasteiger partial charge in [-0.15, -0.1) is 0 Å². The maximum Gasteiger partial charge on any atom is 0.237 e. The van der Waals surface area contributed by atoms with E-state index in [0.29, 0.717) is 19.4 Å². The Morgan fingerprint density at radius 2 is 1.56 bits per heavy atom. The van der Waals surface area contributed by atoms with E-state index in [1.807, 2.05) is 12.1 Å². The first-order valence-corrected chi connectivity index (χ1v) is 10.4. The Morgan fingerprint density at radius 1 is 1.00 bits per heavy atom. The zero-order valence-electron chi connectivity index (χ0n) is 15.5. The molecular formula is C19H24FN3O3S. The van der Waals surface area contributed by atoms with Crippen LogP contribution in [0.2, 0.25) is 0 Å². The first-order valence-electron chi connectivity index (χ1n) is 8.58. The number of carbonyl (C=O) groups excluding carboxylic acids is 1. The molecule has 0 aliphatic carbocycles. The molecule has 0 bridgehead atoms. The first-order chi connectivity index (χ1) is 12.8. The minimum atomic E-state index is -3.54. The van der Waals surface area contributed by atoms with Crippen molar-refractivity contribution in [1.29, 1.82) is 0 Å². The zero-order valence-corrected chi connectivity index (χ0v) is 16.3. The molecule has 1 aromatic carbocycles. The summed E-state index contributed by atoms with van der Waals surface area (Å²) in [7, 11) is -1.88. The van der Waals surface area contributed by atoms with Gasteiger partial charge in [0.25, 0.3) is 0 Å². The monoisotopic (exact) mass is 393 g/mol. The highest BCUT2D eigenvalue weighted by molar-refractivity contribution is 7.88. The largest absolute Gasteiger partial charge is 0.344 e. The highest BCUT2D eigenvalue weighted by Crippen LogP contribution is 2.08. The highest BCUT2D eigenvalue weighted by atomic mass is 32.2. The molecule has 0 unspecified atom stereocenters. The normalized spacial score (nSPS) is 11.6. The summed E-state index contributed by atoms with van der Waals surface area (Å²) in [4.78, 5) is 17.9. The van der Waals surface area contributed by atoms with Crippen molar-refractivity contribution < 1.29 is 17.6 Å². The van der Waals surface area contributed by atoms with Gasteiger partial charge in [0.1, 0.15) is 5.82 Å². The molecule has 1 amide bonds. The number of sulfonamides is 1. The molecule has 0 radical (unpaired) electrons. The van der Waals surface area contributed by atoms with E-state index in [0.717, 1.165) is 21.7 Å². The Bertz CT molecular complexity index is 842. The van der Waals surface area contributed by atoms with E-state index in [1.54, 1.807) is 31.6 Å². The topological polar surface area (TPSA) is 70.6 Å². The number of hydrogen-bond acceptors (Lipinski definition) is 4. The maximum atomic E-state index is 13.0. The van der Waals surface area contributed by atoms with Gasteiger partial charge in [0.15, 0.2) is 0 Å². The van der Waals surface area contributed by atoms with E-state index in [9.17, 15) is 17.6 Å². The fourth-order valence-electron chi connectivity index (χ4n) is 2.51. The lowest BCUT2D eigenvalue weighted by molar-refractivity contribution is -0.130. The van der Waals surface area contributed by atoms with Crippen molar-refractivity contribution in [3.05, 3.63) is 65.7 Å². The van der Waals surface area contributed by atoms with E-state index < -0.39 is 10.0 Å². The van der Waals surface area contributed by atoms with Crippen LogP contribution in [0.25, 0.3) is 0 Å². The Labute approximate surface area is 159 Å². The summed E-state index contributed by atoms with van der Waals surface area (Å²) in [6.07, 6.45) is 5.54. The minimum Gasteiger partial charge on any atom is -0.344 e. The third-order valence-electron chi connectivity index (χ3n) is 4.25. The van der Waals surface area contributed by atoms with Crippen molar-refractivity contribution in [3.63, 3.8) is 0 Å². The number of hydrogen-bond donors (Lipinski definition) is 0. The standard InChI is InChI=1S/C19H24FN3O3S/c1-22(13-9-17-7-11-21-12-8-17)19(24)15-23(27(2,25)26)14-10-16-3-5-18(20)6-4-16/h3-8,11-12H,9-10,13-15H2,1-2H3. The van der Waals surface area contributed by atoms with Crippen LogP contribution < -0.4 is 0 Å². The molecule has 0 aliphatic heterocycles. The van der Waals surface area contributed by atoms with Crippen LogP contribution in [-0.2, 0) is 27.7 Å². The summed E-state index contributed by atoms with van der Waals surface area (Å²) in [6, 6.07) is 9.64. The van der Waals surface area contributed by atoms with Crippen LogP contribution in [0, 0.1) is 5.82 Å². The van der Waals surface area contributed by atoms with Crippen LogP contribution >= 0.6 is 0 Å². The molecule has 27 heavy (non-hydrogen) atoms. The van der Waals surface area contributed by atoms with Crippen LogP contribution in [0.3, 0.4) is 0 Å². The van der Waals surface area contributed by atoms with Gasteiger partial charge >= 0.3 is 0 Å². The van der Waals surface area contributed by atoms with Crippen molar-refractivity contribution >= 4 is 15.9 Å². The number of aromatic nitrogens is 1. The van der Waals surface area contributed by atoms with Gasteiger partial charge in [-0.25, -0.2) is 12.8 Å². The summed E-state index contributed by atoms with van der Waals surface area (Å²) < 4.78 is 38.2. The summed E-state index contributed by atoms with van der Waals surface area (Å²) in [6.45, 7) is 0.430. The number of halogens is 1. The number of amides is 1. The quantitative estimate of drug-likeness (QED) is 0.651. The molecule has 1 aromatic heterocycles. The van der Waals surface area contributed by atoms with Crippen molar-refractivity contribution in [3.8, 4) is 0 Å². The van der Waals surface area contributed by atoms with E-state index in [4.69, 9.17) is 0 Å². The van der Waals surface area contributed by atoms with Gasteiger partial charge in [-0.3, -0.25) is 9.78 Å². The maximum absolute atomic E-state index is 13.0. The zero-order chi connectivity index (χ0) is 19.9. The molecule has 0 spiro atoms. The summed E-state index contributed by atoms with van der Waals surface area (Å²) in [5.74, 6) is -0.613. The van der Waals surface area contributed by atoms with Crippen molar-refractivity contribution in [1.82, 2.24) is 14.2 Å².